The molecule has 1 heterocycles. The first-order valence-electron chi connectivity index (χ1n) is 7.99. The van der Waals surface area contributed by atoms with E-state index in [9.17, 15) is 19.7 Å². The predicted molar refractivity (Wildman–Crippen MR) is 89.7 cm³/mol. The van der Waals surface area contributed by atoms with Gasteiger partial charge in [-0.3, -0.25) is 19.7 Å². The Labute approximate surface area is 140 Å². The zero-order chi connectivity index (χ0) is 17.5. The minimum atomic E-state index is -0.449. The van der Waals surface area contributed by atoms with Crippen molar-refractivity contribution in [3.8, 4) is 0 Å². The van der Waals surface area contributed by atoms with Crippen LogP contribution in [0.5, 0.6) is 0 Å². The molecular formula is C16H22N4O4. The molecular weight excluding hydrogens is 312 g/mol. The van der Waals surface area contributed by atoms with E-state index in [0.29, 0.717) is 38.4 Å². The molecule has 8 heteroatoms. The van der Waals surface area contributed by atoms with Gasteiger partial charge in [-0.25, -0.2) is 0 Å². The maximum absolute atomic E-state index is 12.3. The second kappa shape index (κ2) is 8.28. The summed E-state index contributed by atoms with van der Waals surface area (Å²) >= 11 is 0. The predicted octanol–water partition coefficient (Wildman–Crippen LogP) is 1.48. The Morgan fingerprint density at radius 3 is 2.54 bits per heavy atom. The number of nitro groups is 1. The minimum Gasteiger partial charge on any atom is -0.379 e. The van der Waals surface area contributed by atoms with Gasteiger partial charge < -0.3 is 15.1 Å². The number of anilines is 1. The lowest BCUT2D eigenvalue weighted by molar-refractivity contribution is -0.384. The second-order valence-electron chi connectivity index (χ2n) is 5.69. The van der Waals surface area contributed by atoms with Crippen molar-refractivity contribution in [1.82, 2.24) is 9.80 Å². The van der Waals surface area contributed by atoms with Crippen molar-refractivity contribution in [3.63, 3.8) is 0 Å². The van der Waals surface area contributed by atoms with Crippen LogP contribution in [0.25, 0.3) is 0 Å². The van der Waals surface area contributed by atoms with Crippen molar-refractivity contribution < 1.29 is 14.5 Å². The smallest absolute Gasteiger partial charge is 0.292 e. The van der Waals surface area contributed by atoms with Crippen LogP contribution < -0.4 is 5.32 Å². The zero-order valence-corrected chi connectivity index (χ0v) is 13.7. The van der Waals surface area contributed by atoms with Gasteiger partial charge in [-0.05, 0) is 12.5 Å². The highest BCUT2D eigenvalue weighted by Crippen LogP contribution is 2.22. The molecule has 0 aliphatic carbocycles. The molecule has 8 nitrogen and oxygen atoms in total. The largest absolute Gasteiger partial charge is 0.379 e. The summed E-state index contributed by atoms with van der Waals surface area (Å²) in [6, 6.07) is 6.36. The molecule has 24 heavy (non-hydrogen) atoms. The van der Waals surface area contributed by atoms with Gasteiger partial charge in [-0.1, -0.05) is 12.1 Å². The molecule has 1 aliphatic rings. The van der Waals surface area contributed by atoms with E-state index in [0.717, 1.165) is 6.42 Å². The summed E-state index contributed by atoms with van der Waals surface area (Å²) in [5.41, 5.74) is 0.408. The minimum absolute atomic E-state index is 0.00294. The lowest BCUT2D eigenvalue weighted by atomic mass is 10.2. The molecule has 0 radical (unpaired) electrons. The van der Waals surface area contributed by atoms with Gasteiger partial charge in [0, 0.05) is 52.1 Å². The summed E-state index contributed by atoms with van der Waals surface area (Å²) in [5.74, 6) is 0.0221. The van der Waals surface area contributed by atoms with E-state index in [2.05, 4.69) is 5.32 Å². The molecule has 0 bridgehead atoms. The number of benzene rings is 1. The van der Waals surface area contributed by atoms with Crippen LogP contribution in [-0.2, 0) is 9.59 Å². The van der Waals surface area contributed by atoms with Crippen LogP contribution in [0, 0.1) is 10.1 Å². The van der Waals surface area contributed by atoms with Crippen molar-refractivity contribution in [2.75, 3.05) is 38.0 Å². The first-order chi connectivity index (χ1) is 11.5. The Kier molecular flexibility index (Phi) is 6.11. The van der Waals surface area contributed by atoms with Crippen molar-refractivity contribution in [2.24, 2.45) is 0 Å². The SMILES string of the molecule is CC(=O)N1CCCN(C(=O)CCNc2ccccc2[N+](=O)[O-])CC1. The van der Waals surface area contributed by atoms with Crippen LogP contribution in [0.4, 0.5) is 11.4 Å². The van der Waals surface area contributed by atoms with Crippen molar-refractivity contribution in [3.05, 3.63) is 34.4 Å². The van der Waals surface area contributed by atoms with Gasteiger partial charge in [0.25, 0.3) is 5.69 Å². The average Bonchev–Trinajstić information content (AvgIpc) is 2.81. The van der Waals surface area contributed by atoms with Crippen LogP contribution in [0.2, 0.25) is 0 Å². The zero-order valence-electron chi connectivity index (χ0n) is 13.7. The Morgan fingerprint density at radius 2 is 1.83 bits per heavy atom. The highest BCUT2D eigenvalue weighted by molar-refractivity contribution is 5.77. The average molecular weight is 334 g/mol. The molecule has 1 aromatic rings. The number of nitrogens with zero attached hydrogens (tertiary/aromatic N) is 3. The molecule has 2 amide bonds. The monoisotopic (exact) mass is 334 g/mol. The van der Waals surface area contributed by atoms with Gasteiger partial charge in [-0.2, -0.15) is 0 Å². The van der Waals surface area contributed by atoms with Crippen molar-refractivity contribution >= 4 is 23.2 Å². The Balaban J connectivity index is 1.83. The number of hydrogen-bond donors (Lipinski definition) is 1. The molecule has 0 unspecified atom stereocenters. The van der Waals surface area contributed by atoms with Crippen LogP contribution in [0.1, 0.15) is 19.8 Å². The first-order valence-corrected chi connectivity index (χ1v) is 7.99. The number of nitrogens with one attached hydrogen (secondary N) is 1. The summed E-state index contributed by atoms with van der Waals surface area (Å²) in [6.45, 7) is 4.26. The number of carbonyl (C=O) groups excluding carboxylic acids is 2. The molecule has 1 saturated heterocycles. The Morgan fingerprint density at radius 1 is 1.17 bits per heavy atom. The lowest BCUT2D eigenvalue weighted by Crippen LogP contribution is -2.37. The summed E-state index contributed by atoms with van der Waals surface area (Å²) < 4.78 is 0. The van der Waals surface area contributed by atoms with Gasteiger partial charge in [0.15, 0.2) is 0 Å². The molecule has 0 atom stereocenters. The molecule has 1 fully saturated rings. The first kappa shape index (κ1) is 17.7. The Bertz CT molecular complexity index is 620. The third kappa shape index (κ3) is 4.68. The maximum Gasteiger partial charge on any atom is 0.292 e. The maximum atomic E-state index is 12.3. The third-order valence-corrected chi connectivity index (χ3v) is 4.05. The summed E-state index contributed by atoms with van der Waals surface area (Å²) in [6.07, 6.45) is 1.02. The van der Waals surface area contributed by atoms with Gasteiger partial charge in [0.05, 0.1) is 4.92 Å². The Hall–Kier alpha value is -2.64. The molecule has 1 aliphatic heterocycles. The van der Waals surface area contributed by atoms with Gasteiger partial charge in [-0.15, -0.1) is 0 Å². The molecule has 130 valence electrons. The van der Waals surface area contributed by atoms with Crippen LogP contribution in [0.15, 0.2) is 24.3 Å². The number of para-hydroxylation sites is 2. The van der Waals surface area contributed by atoms with E-state index in [-0.39, 0.29) is 23.9 Å². The molecule has 1 N–H and O–H groups in total. The molecule has 0 saturated carbocycles. The quantitative estimate of drug-likeness (QED) is 0.650. The molecule has 2 rings (SSSR count). The van der Waals surface area contributed by atoms with Crippen LogP contribution in [-0.4, -0.2) is 59.3 Å². The lowest BCUT2D eigenvalue weighted by Gasteiger charge is -2.21. The molecule has 0 aromatic heterocycles. The number of rotatable bonds is 5. The molecule has 0 spiro atoms. The summed E-state index contributed by atoms with van der Waals surface area (Å²) in [7, 11) is 0. The van der Waals surface area contributed by atoms with Crippen molar-refractivity contribution in [2.45, 2.75) is 19.8 Å². The number of amides is 2. The van der Waals surface area contributed by atoms with Gasteiger partial charge >= 0.3 is 0 Å². The highest BCUT2D eigenvalue weighted by atomic mass is 16.6. The van der Waals surface area contributed by atoms with Crippen LogP contribution >= 0.6 is 0 Å². The van der Waals surface area contributed by atoms with Gasteiger partial charge in [0.1, 0.15) is 5.69 Å². The number of hydrogen-bond acceptors (Lipinski definition) is 5. The van der Waals surface area contributed by atoms with E-state index in [4.69, 9.17) is 0 Å². The molecule has 1 aromatic carbocycles. The third-order valence-electron chi connectivity index (χ3n) is 4.05. The summed E-state index contributed by atoms with van der Waals surface area (Å²) in [4.78, 5) is 37.7. The van der Waals surface area contributed by atoms with Crippen LogP contribution in [0.3, 0.4) is 0 Å². The van der Waals surface area contributed by atoms with E-state index < -0.39 is 4.92 Å². The fraction of sp³-hybridized carbons (Fsp3) is 0.500. The van der Waals surface area contributed by atoms with Crippen molar-refractivity contribution in [1.29, 1.82) is 0 Å². The van der Waals surface area contributed by atoms with E-state index in [1.807, 2.05) is 0 Å². The van der Waals surface area contributed by atoms with E-state index in [1.54, 1.807) is 28.0 Å². The summed E-state index contributed by atoms with van der Waals surface area (Å²) in [5, 5.41) is 13.9. The van der Waals surface area contributed by atoms with Gasteiger partial charge in [0.2, 0.25) is 11.8 Å². The topological polar surface area (TPSA) is 95.8 Å². The van der Waals surface area contributed by atoms with E-state index in [1.165, 1.54) is 13.0 Å². The fourth-order valence-corrected chi connectivity index (χ4v) is 2.73. The number of carbonyl (C=O) groups is 2. The highest BCUT2D eigenvalue weighted by Gasteiger charge is 2.20. The normalized spacial score (nSPS) is 14.9. The van der Waals surface area contributed by atoms with E-state index >= 15 is 0 Å². The standard InChI is InChI=1S/C16H22N4O4/c1-13(21)18-9-4-10-19(12-11-18)16(22)7-8-17-14-5-2-3-6-15(14)20(23)24/h2-3,5-6,17H,4,7-12H2,1H3. The fourth-order valence-electron chi connectivity index (χ4n) is 2.73. The number of nitro benzene ring substituents is 1. The second-order valence-corrected chi connectivity index (χ2v) is 5.69.